The molecule has 1 aromatic rings. The number of benzene rings is 1. The zero-order chi connectivity index (χ0) is 23.4. The third-order valence-corrected chi connectivity index (χ3v) is 11.7. The number of rotatable bonds is 5. The van der Waals surface area contributed by atoms with Gasteiger partial charge < -0.3 is 0 Å². The van der Waals surface area contributed by atoms with Crippen LogP contribution in [0.1, 0.15) is 77.2 Å². The lowest BCUT2D eigenvalue weighted by Crippen LogP contribution is -2.78. The van der Waals surface area contributed by atoms with E-state index in [1.54, 1.807) is 12.1 Å². The van der Waals surface area contributed by atoms with E-state index in [4.69, 9.17) is 9.71 Å². The Morgan fingerprint density at radius 2 is 1.67 bits per heavy atom. The molecule has 182 valence electrons. The molecule has 0 aliphatic heterocycles. The van der Waals surface area contributed by atoms with E-state index in [1.165, 1.54) is 25.7 Å². The summed E-state index contributed by atoms with van der Waals surface area (Å²) in [5.74, 6) is 2.62. The number of fused-ring (bicyclic) bond motifs is 5. The second-order valence-electron chi connectivity index (χ2n) is 11.9. The lowest BCUT2D eigenvalue weighted by atomic mass is 9.45. The molecule has 8 atom stereocenters. The summed E-state index contributed by atoms with van der Waals surface area (Å²) in [4.78, 5) is 0.268. The van der Waals surface area contributed by atoms with Crippen LogP contribution in [0.2, 0.25) is 0 Å². The predicted molar refractivity (Wildman–Crippen MR) is 126 cm³/mol. The quantitative estimate of drug-likeness (QED) is 0.383. The van der Waals surface area contributed by atoms with Gasteiger partial charge in [0.1, 0.15) is 0 Å². The molecule has 4 saturated carbocycles. The average molecular weight is 474 g/mol. The summed E-state index contributed by atoms with van der Waals surface area (Å²) in [7, 11) is -3.75. The highest BCUT2D eigenvalue weighted by Crippen LogP contribution is 2.66. The van der Waals surface area contributed by atoms with Crippen LogP contribution in [0.3, 0.4) is 0 Å². The van der Waals surface area contributed by atoms with E-state index < -0.39 is 10.1 Å². The van der Waals surface area contributed by atoms with Gasteiger partial charge in [-0.05, 0) is 111 Å². The number of nitrogens with one attached hydrogen (secondary N) is 2. The second-order valence-corrected chi connectivity index (χ2v) is 13.4. The summed E-state index contributed by atoms with van der Waals surface area (Å²) in [6.07, 6.45) is 9.79. The molecule has 5 rings (SSSR count). The van der Waals surface area contributed by atoms with Crippen molar-refractivity contribution in [2.24, 2.45) is 34.5 Å². The SMILES string of the molecule is Cc1ccc(S(=O)(=O)O[C@H]2CC[C@@H]3C4CC[C@@H]5C[C@H](N[NH+]=[N-])CC[C@]5(C)C4CC[C@]23C)cc1. The van der Waals surface area contributed by atoms with Gasteiger partial charge in [0.25, 0.3) is 10.1 Å². The second kappa shape index (κ2) is 8.33. The number of aryl methyl sites for hydroxylation is 1. The molecule has 0 saturated heterocycles. The molecule has 4 aliphatic rings. The van der Waals surface area contributed by atoms with Gasteiger partial charge in [0.05, 0.1) is 11.0 Å². The zero-order valence-electron chi connectivity index (χ0n) is 20.2. The molecule has 33 heavy (non-hydrogen) atoms. The van der Waals surface area contributed by atoms with Crippen LogP contribution >= 0.6 is 0 Å². The zero-order valence-corrected chi connectivity index (χ0v) is 21.0. The maximum atomic E-state index is 13.1. The third kappa shape index (κ3) is 3.83. The van der Waals surface area contributed by atoms with E-state index in [-0.39, 0.29) is 16.4 Å². The van der Waals surface area contributed by atoms with Crippen molar-refractivity contribution in [1.82, 2.24) is 5.43 Å². The molecular formula is C26H39N3O3S. The maximum absolute atomic E-state index is 13.1. The summed E-state index contributed by atoms with van der Waals surface area (Å²) < 4.78 is 32.1. The molecule has 0 bridgehead atoms. The van der Waals surface area contributed by atoms with Crippen molar-refractivity contribution in [2.75, 3.05) is 0 Å². The highest BCUT2D eigenvalue weighted by molar-refractivity contribution is 7.86. The summed E-state index contributed by atoms with van der Waals surface area (Å²) in [6, 6.07) is 7.34. The molecule has 0 aromatic heterocycles. The smallest absolute Gasteiger partial charge is 0.290 e. The molecular weight excluding hydrogens is 434 g/mol. The minimum Gasteiger partial charge on any atom is -0.290 e. The first-order chi connectivity index (χ1) is 15.7. The Morgan fingerprint density at radius 3 is 2.39 bits per heavy atom. The average Bonchev–Trinajstić information content (AvgIpc) is 3.10. The lowest BCUT2D eigenvalue weighted by Gasteiger charge is -2.61. The Hall–Kier alpha value is -1.47. The van der Waals surface area contributed by atoms with E-state index >= 15 is 0 Å². The first-order valence-corrected chi connectivity index (χ1v) is 14.2. The highest BCUT2D eigenvalue weighted by Gasteiger charge is 2.61. The largest absolute Gasteiger partial charge is 0.297 e. The summed E-state index contributed by atoms with van der Waals surface area (Å²) in [6.45, 7) is 6.78. The van der Waals surface area contributed by atoms with Crippen molar-refractivity contribution in [2.45, 2.75) is 95.6 Å². The van der Waals surface area contributed by atoms with Crippen molar-refractivity contribution in [3.05, 3.63) is 35.4 Å². The van der Waals surface area contributed by atoms with E-state index in [0.717, 1.165) is 37.7 Å². The van der Waals surface area contributed by atoms with Crippen LogP contribution in [0.4, 0.5) is 0 Å². The van der Waals surface area contributed by atoms with Gasteiger partial charge in [0, 0.05) is 6.04 Å². The fourth-order valence-corrected chi connectivity index (χ4v) is 9.71. The molecule has 0 amide bonds. The van der Waals surface area contributed by atoms with Gasteiger partial charge in [-0.2, -0.15) is 19.2 Å². The van der Waals surface area contributed by atoms with Crippen LogP contribution in [0.25, 0.3) is 5.53 Å². The third-order valence-electron chi connectivity index (χ3n) is 10.4. The molecule has 4 aliphatic carbocycles. The number of hydrazine groups is 1. The monoisotopic (exact) mass is 473 g/mol. The number of hydrogen-bond acceptors (Lipinski definition) is 3. The summed E-state index contributed by atoms with van der Waals surface area (Å²) >= 11 is 0. The Bertz CT molecular complexity index is 997. The minimum atomic E-state index is -3.75. The number of hydrogen-bond donors (Lipinski definition) is 2. The van der Waals surface area contributed by atoms with E-state index in [9.17, 15) is 8.42 Å². The molecule has 2 unspecified atom stereocenters. The van der Waals surface area contributed by atoms with Crippen molar-refractivity contribution < 1.29 is 17.8 Å². The Balaban J connectivity index is 1.33. The van der Waals surface area contributed by atoms with Gasteiger partial charge in [0.2, 0.25) is 0 Å². The standard InChI is InChI=1S/C26H39N3O3S/c1-17-4-7-20(8-5-17)33(30,31)32-24-11-10-22-21-9-6-18-16-19(28-29-27)12-14-25(18,2)23(21)13-15-26(22,24)3/h4-5,7-8,18-19,21-24,29H,6,9-16H2,1-3H3,(H-,27,28)/t18-,19-,21?,22-,23?,24+,25+,26+/m1/s1. The van der Waals surface area contributed by atoms with Gasteiger partial charge >= 0.3 is 0 Å². The van der Waals surface area contributed by atoms with Crippen molar-refractivity contribution in [3.8, 4) is 0 Å². The number of nitrogens with zero attached hydrogens (tertiary/aromatic N) is 1. The van der Waals surface area contributed by atoms with E-state index in [2.05, 4.69) is 24.5 Å². The predicted octanol–water partition coefficient (Wildman–Crippen LogP) is 4.09. The first kappa shape index (κ1) is 23.3. The molecule has 4 fully saturated rings. The summed E-state index contributed by atoms with van der Waals surface area (Å²) in [5.41, 5.74) is 13.4. The fraction of sp³-hybridized carbons (Fsp3) is 0.769. The Morgan fingerprint density at radius 1 is 0.970 bits per heavy atom. The van der Waals surface area contributed by atoms with Crippen LogP contribution < -0.4 is 10.6 Å². The first-order valence-electron chi connectivity index (χ1n) is 12.8. The van der Waals surface area contributed by atoms with Gasteiger partial charge in [-0.1, -0.05) is 31.5 Å². The van der Waals surface area contributed by atoms with E-state index in [1.807, 2.05) is 19.1 Å². The summed E-state index contributed by atoms with van der Waals surface area (Å²) in [5, 5.41) is 2.16. The van der Waals surface area contributed by atoms with Gasteiger partial charge in [-0.15, -0.1) is 0 Å². The van der Waals surface area contributed by atoms with Crippen molar-refractivity contribution in [3.63, 3.8) is 0 Å². The van der Waals surface area contributed by atoms with Crippen molar-refractivity contribution in [1.29, 1.82) is 0 Å². The molecule has 7 heteroatoms. The van der Waals surface area contributed by atoms with Crippen molar-refractivity contribution >= 4 is 10.1 Å². The molecule has 0 spiro atoms. The Kier molecular flexibility index (Phi) is 5.88. The van der Waals surface area contributed by atoms with Gasteiger partial charge in [-0.3, -0.25) is 9.61 Å². The van der Waals surface area contributed by atoms with Crippen LogP contribution in [0, 0.1) is 41.4 Å². The molecule has 1 aromatic carbocycles. The lowest BCUT2D eigenvalue weighted by molar-refractivity contribution is -0.557. The molecule has 6 nitrogen and oxygen atoms in total. The normalized spacial score (nSPS) is 42.6. The topological polar surface area (TPSA) is 91.7 Å². The minimum absolute atomic E-state index is 0.0678. The van der Waals surface area contributed by atoms with Crippen LogP contribution in [0.15, 0.2) is 29.2 Å². The van der Waals surface area contributed by atoms with Gasteiger partial charge in [-0.25, -0.2) is 0 Å². The fourth-order valence-electron chi connectivity index (χ4n) is 8.50. The molecule has 2 N–H and O–H groups in total. The van der Waals surface area contributed by atoms with Gasteiger partial charge in [0.15, 0.2) is 0 Å². The molecule has 0 radical (unpaired) electrons. The molecule has 0 heterocycles. The van der Waals surface area contributed by atoms with Crippen LogP contribution in [-0.4, -0.2) is 20.6 Å². The van der Waals surface area contributed by atoms with Crippen LogP contribution in [0.5, 0.6) is 0 Å². The maximum Gasteiger partial charge on any atom is 0.297 e. The highest BCUT2D eigenvalue weighted by atomic mass is 32.2. The van der Waals surface area contributed by atoms with E-state index in [0.29, 0.717) is 35.1 Å². The van der Waals surface area contributed by atoms with Crippen LogP contribution in [-0.2, 0) is 14.3 Å². The Labute approximate surface area is 198 Å².